The zero-order valence-electron chi connectivity index (χ0n) is 10.4. The fourth-order valence-corrected chi connectivity index (χ4v) is 2.27. The topological polar surface area (TPSA) is 49.3 Å². The van der Waals surface area contributed by atoms with E-state index in [9.17, 15) is 4.79 Å². The molecule has 3 nitrogen and oxygen atoms in total. The van der Waals surface area contributed by atoms with Gasteiger partial charge in [0, 0.05) is 12.1 Å². The Labute approximate surface area is 102 Å². The minimum Gasteiger partial charge on any atom is -0.393 e. The quantitative estimate of drug-likeness (QED) is 0.836. The lowest BCUT2D eigenvalue weighted by Gasteiger charge is -2.31. The van der Waals surface area contributed by atoms with Gasteiger partial charge in [-0.25, -0.2) is 0 Å². The van der Waals surface area contributed by atoms with Gasteiger partial charge in [0.1, 0.15) is 0 Å². The molecule has 0 unspecified atom stereocenters. The van der Waals surface area contributed by atoms with Crippen molar-refractivity contribution in [2.45, 2.75) is 32.8 Å². The molecule has 2 rings (SSSR count). The van der Waals surface area contributed by atoms with Gasteiger partial charge in [0.15, 0.2) is 0 Å². The number of carbonyl (C=O) groups excluding carboxylic acids is 1. The number of aliphatic hydroxyl groups is 1. The Morgan fingerprint density at radius 3 is 2.71 bits per heavy atom. The molecule has 0 saturated heterocycles. The van der Waals surface area contributed by atoms with Gasteiger partial charge in [0.25, 0.3) is 5.91 Å². The Balaban J connectivity index is 1.91. The van der Waals surface area contributed by atoms with Crippen LogP contribution in [0.3, 0.4) is 0 Å². The van der Waals surface area contributed by atoms with Crippen molar-refractivity contribution < 1.29 is 9.90 Å². The van der Waals surface area contributed by atoms with E-state index in [-0.39, 0.29) is 12.0 Å². The molecule has 3 heteroatoms. The first-order valence-electron chi connectivity index (χ1n) is 6.10. The van der Waals surface area contributed by atoms with E-state index in [1.54, 1.807) is 0 Å². The van der Waals surface area contributed by atoms with Gasteiger partial charge in [-0.15, -0.1) is 0 Å². The van der Waals surface area contributed by atoms with E-state index in [2.05, 4.69) is 5.32 Å². The molecule has 0 aliphatic heterocycles. The minimum atomic E-state index is -0.155. The molecular formula is C14H19NO2. The van der Waals surface area contributed by atoms with Gasteiger partial charge < -0.3 is 10.4 Å². The van der Waals surface area contributed by atoms with Crippen molar-refractivity contribution >= 4 is 5.91 Å². The second-order valence-electron chi connectivity index (χ2n) is 5.02. The number of aryl methyl sites for hydroxylation is 2. The second kappa shape index (κ2) is 4.88. The summed E-state index contributed by atoms with van der Waals surface area (Å²) in [6, 6.07) is 5.84. The van der Waals surface area contributed by atoms with E-state index in [1.165, 1.54) is 5.56 Å². The zero-order chi connectivity index (χ0) is 12.4. The van der Waals surface area contributed by atoms with Crippen molar-refractivity contribution in [1.29, 1.82) is 0 Å². The summed E-state index contributed by atoms with van der Waals surface area (Å²) in [7, 11) is 0. The van der Waals surface area contributed by atoms with Gasteiger partial charge in [-0.1, -0.05) is 17.7 Å². The van der Waals surface area contributed by atoms with Crippen molar-refractivity contribution in [3.8, 4) is 0 Å². The lowest BCUT2D eigenvalue weighted by molar-refractivity contribution is 0.0420. The number of benzene rings is 1. The number of hydrogen-bond acceptors (Lipinski definition) is 2. The largest absolute Gasteiger partial charge is 0.393 e. The summed E-state index contributed by atoms with van der Waals surface area (Å²) in [6.07, 6.45) is 1.47. The lowest BCUT2D eigenvalue weighted by Crippen LogP contribution is -2.38. The number of rotatable bonds is 3. The summed E-state index contributed by atoms with van der Waals surface area (Å²) in [5, 5.41) is 12.1. The van der Waals surface area contributed by atoms with Crippen molar-refractivity contribution in [1.82, 2.24) is 5.32 Å². The van der Waals surface area contributed by atoms with Gasteiger partial charge >= 0.3 is 0 Å². The molecule has 1 aromatic carbocycles. The molecule has 17 heavy (non-hydrogen) atoms. The Kier molecular flexibility index (Phi) is 3.48. The van der Waals surface area contributed by atoms with Crippen LogP contribution in [0.25, 0.3) is 0 Å². The van der Waals surface area contributed by atoms with E-state index in [0.29, 0.717) is 12.5 Å². The number of nitrogens with one attached hydrogen (secondary N) is 1. The fraction of sp³-hybridized carbons (Fsp3) is 0.500. The fourth-order valence-electron chi connectivity index (χ4n) is 2.27. The molecule has 1 aliphatic carbocycles. The maximum Gasteiger partial charge on any atom is 0.251 e. The highest BCUT2D eigenvalue weighted by atomic mass is 16.3. The molecule has 0 heterocycles. The molecule has 92 valence electrons. The minimum absolute atomic E-state index is 0.0103. The molecule has 1 fully saturated rings. The molecule has 1 aromatic rings. The summed E-state index contributed by atoms with van der Waals surface area (Å²) >= 11 is 0. The van der Waals surface area contributed by atoms with Crippen LogP contribution in [0.2, 0.25) is 0 Å². The van der Waals surface area contributed by atoms with Crippen molar-refractivity contribution in [2.24, 2.45) is 5.92 Å². The van der Waals surface area contributed by atoms with Crippen LogP contribution in [-0.4, -0.2) is 23.7 Å². The molecule has 0 bridgehead atoms. The Morgan fingerprint density at radius 2 is 2.12 bits per heavy atom. The predicted octanol–water partition coefficient (Wildman–Crippen LogP) is 1.80. The van der Waals surface area contributed by atoms with Crippen molar-refractivity contribution in [2.75, 3.05) is 6.54 Å². The van der Waals surface area contributed by atoms with Crippen LogP contribution in [0.5, 0.6) is 0 Å². The first-order chi connectivity index (χ1) is 8.06. The maximum absolute atomic E-state index is 11.9. The zero-order valence-corrected chi connectivity index (χ0v) is 10.4. The highest BCUT2D eigenvalue weighted by Gasteiger charge is 2.27. The summed E-state index contributed by atoms with van der Waals surface area (Å²) < 4.78 is 0. The molecule has 1 amide bonds. The smallest absolute Gasteiger partial charge is 0.251 e. The number of aliphatic hydroxyl groups excluding tert-OH is 1. The number of carbonyl (C=O) groups is 1. The van der Waals surface area contributed by atoms with Gasteiger partial charge in [-0.3, -0.25) is 4.79 Å². The highest BCUT2D eigenvalue weighted by Crippen LogP contribution is 2.26. The van der Waals surface area contributed by atoms with Gasteiger partial charge in [0.2, 0.25) is 0 Å². The monoisotopic (exact) mass is 233 g/mol. The first kappa shape index (κ1) is 12.1. The van der Waals surface area contributed by atoms with Crippen LogP contribution in [-0.2, 0) is 0 Å². The van der Waals surface area contributed by atoms with Crippen molar-refractivity contribution in [3.63, 3.8) is 0 Å². The summed E-state index contributed by atoms with van der Waals surface area (Å²) in [4.78, 5) is 11.9. The second-order valence-corrected chi connectivity index (χ2v) is 5.02. The third-order valence-corrected chi connectivity index (χ3v) is 3.39. The Hall–Kier alpha value is -1.35. The molecule has 1 saturated carbocycles. The maximum atomic E-state index is 11.9. The molecule has 2 N–H and O–H groups in total. The van der Waals surface area contributed by atoms with Gasteiger partial charge in [-0.05, 0) is 44.2 Å². The molecule has 0 atom stereocenters. The molecule has 0 spiro atoms. The van der Waals surface area contributed by atoms with Crippen LogP contribution in [0, 0.1) is 19.8 Å². The SMILES string of the molecule is Cc1ccc(C(=O)NCC2CC(O)C2)c(C)c1. The van der Waals surface area contributed by atoms with Crippen LogP contribution >= 0.6 is 0 Å². The van der Waals surface area contributed by atoms with E-state index in [4.69, 9.17) is 5.11 Å². The lowest BCUT2D eigenvalue weighted by atomic mass is 9.82. The highest BCUT2D eigenvalue weighted by molar-refractivity contribution is 5.95. The van der Waals surface area contributed by atoms with Crippen LogP contribution in [0.15, 0.2) is 18.2 Å². The average molecular weight is 233 g/mol. The van der Waals surface area contributed by atoms with E-state index < -0.39 is 0 Å². The van der Waals surface area contributed by atoms with Crippen LogP contribution in [0.1, 0.15) is 34.3 Å². The average Bonchev–Trinajstić information content (AvgIpc) is 2.22. The number of hydrogen-bond donors (Lipinski definition) is 2. The third-order valence-electron chi connectivity index (χ3n) is 3.39. The molecular weight excluding hydrogens is 214 g/mol. The summed E-state index contributed by atoms with van der Waals surface area (Å²) in [5.74, 6) is 0.434. The molecule has 0 aromatic heterocycles. The van der Waals surface area contributed by atoms with E-state index in [0.717, 1.165) is 24.0 Å². The predicted molar refractivity (Wildman–Crippen MR) is 67.0 cm³/mol. The van der Waals surface area contributed by atoms with E-state index in [1.807, 2.05) is 32.0 Å². The van der Waals surface area contributed by atoms with Crippen LogP contribution in [0.4, 0.5) is 0 Å². The number of amides is 1. The third kappa shape index (κ3) is 2.86. The van der Waals surface area contributed by atoms with E-state index >= 15 is 0 Å². The van der Waals surface area contributed by atoms with Crippen molar-refractivity contribution in [3.05, 3.63) is 34.9 Å². The molecule has 1 aliphatic rings. The normalized spacial score (nSPS) is 23.0. The van der Waals surface area contributed by atoms with Gasteiger partial charge in [-0.2, -0.15) is 0 Å². The summed E-state index contributed by atoms with van der Waals surface area (Å²) in [5.41, 5.74) is 2.92. The Bertz CT molecular complexity index is 422. The standard InChI is InChI=1S/C14H19NO2/c1-9-3-4-13(10(2)5-9)14(17)15-8-11-6-12(16)7-11/h3-5,11-12,16H,6-8H2,1-2H3,(H,15,17). The Morgan fingerprint density at radius 1 is 1.41 bits per heavy atom. The first-order valence-corrected chi connectivity index (χ1v) is 6.10. The van der Waals surface area contributed by atoms with Gasteiger partial charge in [0.05, 0.1) is 6.10 Å². The summed E-state index contributed by atoms with van der Waals surface area (Å²) in [6.45, 7) is 4.64. The van der Waals surface area contributed by atoms with Crippen LogP contribution < -0.4 is 5.32 Å². The molecule has 0 radical (unpaired) electrons.